The minimum absolute atomic E-state index is 0.0775. The molecule has 0 spiro atoms. The van der Waals surface area contributed by atoms with Gasteiger partial charge in [-0.3, -0.25) is 9.78 Å². The van der Waals surface area contributed by atoms with E-state index in [1.165, 1.54) is 5.56 Å². The van der Waals surface area contributed by atoms with Gasteiger partial charge in [0.1, 0.15) is 5.82 Å². The van der Waals surface area contributed by atoms with Crippen molar-refractivity contribution in [1.29, 1.82) is 0 Å². The summed E-state index contributed by atoms with van der Waals surface area (Å²) in [5.74, 6) is 1.37. The van der Waals surface area contributed by atoms with Crippen molar-refractivity contribution in [2.24, 2.45) is 0 Å². The molecule has 0 aliphatic carbocycles. The molecule has 1 aliphatic rings. The Morgan fingerprint density at radius 2 is 1.90 bits per heavy atom. The van der Waals surface area contributed by atoms with E-state index in [-0.39, 0.29) is 11.9 Å². The molecule has 1 atom stereocenters. The third kappa shape index (κ3) is 3.61. The van der Waals surface area contributed by atoms with E-state index in [4.69, 9.17) is 4.98 Å². The smallest absolute Gasteiger partial charge is 0.253 e. The molecule has 1 saturated heterocycles. The molecule has 1 unspecified atom stereocenters. The number of carbonyl (C=O) groups excluding carboxylic acids is 1. The Hall–Kier alpha value is -3.47. The number of carbonyl (C=O) groups is 1. The topological polar surface area (TPSA) is 51.0 Å². The van der Waals surface area contributed by atoms with E-state index >= 15 is 0 Å². The highest BCUT2D eigenvalue weighted by Crippen LogP contribution is 2.31. The third-order valence-electron chi connectivity index (χ3n) is 6.12. The number of pyridine rings is 1. The number of nitrogens with zero attached hydrogens (tertiary/aromatic N) is 4. The van der Waals surface area contributed by atoms with E-state index in [0.717, 1.165) is 41.9 Å². The zero-order chi connectivity index (χ0) is 21.4. The number of fused-ring (bicyclic) bond motifs is 1. The largest absolute Gasteiger partial charge is 0.338 e. The van der Waals surface area contributed by atoms with Crippen LogP contribution in [0.15, 0.2) is 73.1 Å². The van der Waals surface area contributed by atoms with Crippen LogP contribution in [0.1, 0.15) is 48.1 Å². The van der Waals surface area contributed by atoms with Gasteiger partial charge in [0.15, 0.2) is 0 Å². The van der Waals surface area contributed by atoms with Crippen LogP contribution < -0.4 is 0 Å². The van der Waals surface area contributed by atoms with Gasteiger partial charge in [-0.2, -0.15) is 0 Å². The van der Waals surface area contributed by atoms with Gasteiger partial charge in [0.2, 0.25) is 0 Å². The van der Waals surface area contributed by atoms with Crippen molar-refractivity contribution in [3.05, 3.63) is 84.2 Å². The van der Waals surface area contributed by atoms with Gasteiger partial charge in [0.05, 0.1) is 11.0 Å². The van der Waals surface area contributed by atoms with E-state index in [1.54, 1.807) is 6.20 Å². The lowest BCUT2D eigenvalue weighted by Crippen LogP contribution is -2.28. The summed E-state index contributed by atoms with van der Waals surface area (Å²) < 4.78 is 2.24. The SMILES string of the molecule is CC(C)n1c(-c2ccccc2)nc2cc(C(=O)N3CCC(c4cccnc4)C3)ccc21. The number of aromatic nitrogens is 3. The summed E-state index contributed by atoms with van der Waals surface area (Å²) in [5, 5.41) is 0. The predicted octanol–water partition coefficient (Wildman–Crippen LogP) is 5.31. The van der Waals surface area contributed by atoms with Crippen LogP contribution in [0.2, 0.25) is 0 Å². The quantitative estimate of drug-likeness (QED) is 0.458. The highest BCUT2D eigenvalue weighted by atomic mass is 16.2. The molecule has 31 heavy (non-hydrogen) atoms. The van der Waals surface area contributed by atoms with E-state index in [0.29, 0.717) is 11.5 Å². The highest BCUT2D eigenvalue weighted by molar-refractivity contribution is 5.98. The molecule has 2 aromatic carbocycles. The monoisotopic (exact) mass is 410 g/mol. The van der Waals surface area contributed by atoms with Crippen molar-refractivity contribution in [3.63, 3.8) is 0 Å². The number of amides is 1. The van der Waals surface area contributed by atoms with Gasteiger partial charge in [0.25, 0.3) is 5.91 Å². The molecular weight excluding hydrogens is 384 g/mol. The first-order chi connectivity index (χ1) is 15.1. The van der Waals surface area contributed by atoms with Crippen LogP contribution in [0, 0.1) is 0 Å². The lowest BCUT2D eigenvalue weighted by molar-refractivity contribution is 0.0791. The highest BCUT2D eigenvalue weighted by Gasteiger charge is 2.28. The normalized spacial score (nSPS) is 16.4. The lowest BCUT2D eigenvalue weighted by Gasteiger charge is -2.17. The van der Waals surface area contributed by atoms with Crippen molar-refractivity contribution in [3.8, 4) is 11.4 Å². The molecule has 1 fully saturated rings. The van der Waals surface area contributed by atoms with E-state index in [9.17, 15) is 4.79 Å². The Morgan fingerprint density at radius 3 is 2.65 bits per heavy atom. The average molecular weight is 411 g/mol. The molecular formula is C26H26N4O. The summed E-state index contributed by atoms with van der Waals surface area (Å²) in [7, 11) is 0. The molecule has 5 heteroatoms. The van der Waals surface area contributed by atoms with E-state index in [2.05, 4.69) is 41.6 Å². The minimum Gasteiger partial charge on any atom is -0.338 e. The Morgan fingerprint density at radius 1 is 1.06 bits per heavy atom. The fourth-order valence-corrected chi connectivity index (χ4v) is 4.56. The van der Waals surface area contributed by atoms with Crippen LogP contribution in [0.25, 0.3) is 22.4 Å². The van der Waals surface area contributed by atoms with Crippen LogP contribution in [-0.2, 0) is 0 Å². The van der Waals surface area contributed by atoms with Gasteiger partial charge in [-0.25, -0.2) is 4.98 Å². The van der Waals surface area contributed by atoms with Crippen molar-refractivity contribution in [2.75, 3.05) is 13.1 Å². The molecule has 1 amide bonds. The molecule has 1 aliphatic heterocycles. The number of hydrogen-bond donors (Lipinski definition) is 0. The van der Waals surface area contributed by atoms with Crippen LogP contribution in [0.3, 0.4) is 0 Å². The summed E-state index contributed by atoms with van der Waals surface area (Å²) in [6.45, 7) is 5.83. The number of rotatable bonds is 4. The second kappa shape index (κ2) is 7.99. The molecule has 0 radical (unpaired) electrons. The summed E-state index contributed by atoms with van der Waals surface area (Å²) >= 11 is 0. The van der Waals surface area contributed by atoms with Crippen LogP contribution in [0.5, 0.6) is 0 Å². The Kier molecular flexibility index (Phi) is 5.02. The number of benzene rings is 2. The first kappa shape index (κ1) is 19.5. The molecule has 3 heterocycles. The maximum absolute atomic E-state index is 13.2. The van der Waals surface area contributed by atoms with Crippen LogP contribution in [0.4, 0.5) is 0 Å². The molecule has 5 nitrogen and oxygen atoms in total. The first-order valence-corrected chi connectivity index (χ1v) is 10.9. The summed E-state index contributed by atoms with van der Waals surface area (Å²) in [6.07, 6.45) is 4.67. The zero-order valence-electron chi connectivity index (χ0n) is 17.9. The fraction of sp³-hybridized carbons (Fsp3) is 0.269. The van der Waals surface area contributed by atoms with Crippen LogP contribution in [-0.4, -0.2) is 38.4 Å². The summed E-state index contributed by atoms with van der Waals surface area (Å²) in [5.41, 5.74) is 4.91. The number of likely N-dealkylation sites (tertiary alicyclic amines) is 1. The standard InChI is InChI=1S/C26H26N4O/c1-18(2)30-24-11-10-20(15-23(24)28-25(30)19-7-4-3-5-8-19)26(31)29-14-12-22(17-29)21-9-6-13-27-16-21/h3-11,13,15-16,18,22H,12,14,17H2,1-2H3. The molecule has 5 rings (SSSR count). The number of imidazole rings is 1. The predicted molar refractivity (Wildman–Crippen MR) is 123 cm³/mol. The zero-order valence-corrected chi connectivity index (χ0v) is 17.9. The average Bonchev–Trinajstić information content (AvgIpc) is 3.45. The maximum atomic E-state index is 13.2. The van der Waals surface area contributed by atoms with Crippen molar-refractivity contribution in [1.82, 2.24) is 19.4 Å². The third-order valence-corrected chi connectivity index (χ3v) is 6.12. The van der Waals surface area contributed by atoms with E-state index < -0.39 is 0 Å². The first-order valence-electron chi connectivity index (χ1n) is 10.9. The van der Waals surface area contributed by atoms with Gasteiger partial charge in [-0.05, 0) is 50.1 Å². The minimum atomic E-state index is 0.0775. The Bertz CT molecular complexity index is 1210. The van der Waals surface area contributed by atoms with E-state index in [1.807, 2.05) is 53.6 Å². The molecule has 0 bridgehead atoms. The van der Waals surface area contributed by atoms with Gasteiger partial charge in [-0.1, -0.05) is 36.4 Å². The Labute approximate surface area is 182 Å². The molecule has 2 aromatic heterocycles. The van der Waals surface area contributed by atoms with Crippen molar-refractivity contribution in [2.45, 2.75) is 32.2 Å². The fourth-order valence-electron chi connectivity index (χ4n) is 4.56. The van der Waals surface area contributed by atoms with Gasteiger partial charge >= 0.3 is 0 Å². The molecule has 156 valence electrons. The van der Waals surface area contributed by atoms with Gasteiger partial charge in [0, 0.05) is 48.6 Å². The lowest BCUT2D eigenvalue weighted by atomic mass is 10.0. The van der Waals surface area contributed by atoms with Gasteiger partial charge < -0.3 is 9.47 Å². The molecule has 0 N–H and O–H groups in total. The maximum Gasteiger partial charge on any atom is 0.253 e. The molecule has 4 aromatic rings. The Balaban J connectivity index is 1.45. The summed E-state index contributed by atoms with van der Waals surface area (Å²) in [6, 6.07) is 20.5. The number of hydrogen-bond acceptors (Lipinski definition) is 3. The van der Waals surface area contributed by atoms with Crippen LogP contribution >= 0.6 is 0 Å². The summed E-state index contributed by atoms with van der Waals surface area (Å²) in [4.78, 5) is 24.3. The second-order valence-corrected chi connectivity index (χ2v) is 8.49. The molecule has 0 saturated carbocycles. The second-order valence-electron chi connectivity index (χ2n) is 8.49. The van der Waals surface area contributed by atoms with Gasteiger partial charge in [-0.15, -0.1) is 0 Å². The van der Waals surface area contributed by atoms with Crippen molar-refractivity contribution < 1.29 is 4.79 Å². The van der Waals surface area contributed by atoms with Crippen molar-refractivity contribution >= 4 is 16.9 Å².